The number of hydrogen-bond donors (Lipinski definition) is 1. The van der Waals surface area contributed by atoms with Crippen LogP contribution in [-0.2, 0) is 11.3 Å². The van der Waals surface area contributed by atoms with Crippen molar-refractivity contribution in [3.63, 3.8) is 0 Å². The maximum Gasteiger partial charge on any atom is 0.328 e. The minimum absolute atomic E-state index is 0.271. The van der Waals surface area contributed by atoms with Crippen LogP contribution in [-0.4, -0.2) is 28.0 Å². The molecular formula is C22H18N4O2. The number of imide groups is 1. The van der Waals surface area contributed by atoms with Gasteiger partial charge in [0.1, 0.15) is 5.70 Å². The fourth-order valence-electron chi connectivity index (χ4n) is 3.49. The van der Waals surface area contributed by atoms with Crippen molar-refractivity contribution in [2.24, 2.45) is 0 Å². The first-order valence-electron chi connectivity index (χ1n) is 9.02. The second-order valence-electron chi connectivity index (χ2n) is 6.54. The standard InChI is InChI=1S/C22H18N4O2/c1-2-26-21(27)19(24-22(26)28)11-17-14-25(20-10-6-5-9-18(17)20)13-16-8-4-3-7-15(16)12-23/h3-11,14H,2,13H2,1H3,(H,24,28)/b19-11+. The Hall–Kier alpha value is -3.85. The predicted molar refractivity (Wildman–Crippen MR) is 106 cm³/mol. The van der Waals surface area contributed by atoms with Crippen molar-refractivity contribution in [2.75, 3.05) is 6.54 Å². The van der Waals surface area contributed by atoms with Gasteiger partial charge in [0.25, 0.3) is 5.91 Å². The second-order valence-corrected chi connectivity index (χ2v) is 6.54. The lowest BCUT2D eigenvalue weighted by molar-refractivity contribution is -0.122. The monoisotopic (exact) mass is 370 g/mol. The predicted octanol–water partition coefficient (Wildman–Crippen LogP) is 3.47. The summed E-state index contributed by atoms with van der Waals surface area (Å²) in [5.74, 6) is -0.320. The van der Waals surface area contributed by atoms with Crippen molar-refractivity contribution in [2.45, 2.75) is 13.5 Å². The SMILES string of the molecule is CCN1C(=O)N/C(=C/c2cn(Cc3ccccc3C#N)c3ccccc23)C1=O. The van der Waals surface area contributed by atoms with Crippen LogP contribution in [0.2, 0.25) is 0 Å². The van der Waals surface area contributed by atoms with Gasteiger partial charge in [-0.05, 0) is 30.7 Å². The van der Waals surface area contributed by atoms with Gasteiger partial charge in [-0.25, -0.2) is 4.79 Å². The first-order chi connectivity index (χ1) is 13.6. The summed E-state index contributed by atoms with van der Waals surface area (Å²) in [6.45, 7) is 2.63. The highest BCUT2D eigenvalue weighted by atomic mass is 16.2. The van der Waals surface area contributed by atoms with Crippen LogP contribution in [0, 0.1) is 11.3 Å². The average Bonchev–Trinajstić information content (AvgIpc) is 3.19. The van der Waals surface area contributed by atoms with Gasteiger partial charge in [-0.15, -0.1) is 0 Å². The fraction of sp³-hybridized carbons (Fsp3) is 0.136. The van der Waals surface area contributed by atoms with Crippen LogP contribution in [0.5, 0.6) is 0 Å². The number of amides is 3. The number of nitrogens with one attached hydrogen (secondary N) is 1. The van der Waals surface area contributed by atoms with E-state index in [2.05, 4.69) is 16.0 Å². The van der Waals surface area contributed by atoms with Gasteiger partial charge in [-0.3, -0.25) is 9.69 Å². The highest BCUT2D eigenvalue weighted by Crippen LogP contribution is 2.26. The Bertz CT molecular complexity index is 1170. The lowest BCUT2D eigenvalue weighted by Gasteiger charge is -2.07. The summed E-state index contributed by atoms with van der Waals surface area (Å²) in [4.78, 5) is 25.5. The Balaban J connectivity index is 1.78. The largest absolute Gasteiger partial charge is 0.342 e. The number of nitriles is 1. The van der Waals surface area contributed by atoms with E-state index < -0.39 is 6.03 Å². The third kappa shape index (κ3) is 2.93. The molecule has 1 aliphatic heterocycles. The lowest BCUT2D eigenvalue weighted by atomic mass is 10.1. The van der Waals surface area contributed by atoms with E-state index in [0.717, 1.165) is 22.0 Å². The first-order valence-corrected chi connectivity index (χ1v) is 9.02. The normalized spacial score (nSPS) is 15.3. The number of urea groups is 1. The zero-order valence-electron chi connectivity index (χ0n) is 15.3. The van der Waals surface area contributed by atoms with Gasteiger partial charge in [0.05, 0.1) is 11.6 Å². The number of hydrogen-bond acceptors (Lipinski definition) is 3. The Morgan fingerprint density at radius 2 is 1.86 bits per heavy atom. The molecule has 0 aliphatic carbocycles. The number of benzene rings is 2. The van der Waals surface area contributed by atoms with Crippen molar-refractivity contribution in [3.05, 3.63) is 77.1 Å². The molecule has 1 aromatic heterocycles. The summed E-state index contributed by atoms with van der Waals surface area (Å²) in [7, 11) is 0. The van der Waals surface area contributed by atoms with E-state index in [0.29, 0.717) is 18.7 Å². The molecule has 4 rings (SSSR count). The molecule has 0 atom stereocenters. The number of nitrogens with zero attached hydrogens (tertiary/aromatic N) is 3. The summed E-state index contributed by atoms with van der Waals surface area (Å²) >= 11 is 0. The number of rotatable bonds is 4. The van der Waals surface area contributed by atoms with Crippen LogP contribution in [0.3, 0.4) is 0 Å². The molecule has 28 heavy (non-hydrogen) atoms. The van der Waals surface area contributed by atoms with Gasteiger partial charge in [-0.2, -0.15) is 5.26 Å². The van der Waals surface area contributed by atoms with E-state index in [9.17, 15) is 14.9 Å². The molecule has 0 radical (unpaired) electrons. The summed E-state index contributed by atoms with van der Waals surface area (Å²) in [5.41, 5.74) is 3.66. The molecular weight excluding hydrogens is 352 g/mol. The zero-order valence-corrected chi connectivity index (χ0v) is 15.3. The second kappa shape index (κ2) is 7.05. The van der Waals surface area contributed by atoms with E-state index >= 15 is 0 Å². The Kier molecular flexibility index (Phi) is 4.42. The molecule has 3 amide bonds. The molecule has 0 spiro atoms. The van der Waals surface area contributed by atoms with Crippen LogP contribution in [0.4, 0.5) is 4.79 Å². The van der Waals surface area contributed by atoms with Gasteiger partial charge in [0.2, 0.25) is 0 Å². The first kappa shape index (κ1) is 17.6. The molecule has 0 saturated carbocycles. The highest BCUT2D eigenvalue weighted by Gasteiger charge is 2.32. The summed E-state index contributed by atoms with van der Waals surface area (Å²) in [6.07, 6.45) is 3.66. The molecule has 3 aromatic rings. The maximum atomic E-state index is 12.4. The van der Waals surface area contributed by atoms with Crippen LogP contribution < -0.4 is 5.32 Å². The molecule has 6 heteroatoms. The van der Waals surface area contributed by atoms with E-state index in [1.54, 1.807) is 19.1 Å². The summed E-state index contributed by atoms with van der Waals surface area (Å²) in [6, 6.07) is 17.2. The van der Waals surface area contributed by atoms with E-state index in [-0.39, 0.29) is 11.6 Å². The molecule has 138 valence electrons. The van der Waals surface area contributed by atoms with E-state index in [1.165, 1.54) is 4.90 Å². The fourth-order valence-corrected chi connectivity index (χ4v) is 3.49. The van der Waals surface area contributed by atoms with Gasteiger partial charge < -0.3 is 9.88 Å². The smallest absolute Gasteiger partial charge is 0.328 e. The molecule has 1 saturated heterocycles. The summed E-state index contributed by atoms with van der Waals surface area (Å²) < 4.78 is 2.05. The number of aromatic nitrogens is 1. The highest BCUT2D eigenvalue weighted by molar-refractivity contribution is 6.14. The molecule has 1 aliphatic rings. The van der Waals surface area contributed by atoms with Gasteiger partial charge in [0.15, 0.2) is 0 Å². The molecule has 0 unspecified atom stereocenters. The maximum absolute atomic E-state index is 12.4. The van der Waals surface area contributed by atoms with Crippen molar-refractivity contribution in [1.29, 1.82) is 5.26 Å². The van der Waals surface area contributed by atoms with E-state index in [1.807, 2.05) is 48.7 Å². The number of carbonyl (C=O) groups excluding carboxylic acids is 2. The Morgan fingerprint density at radius 1 is 1.11 bits per heavy atom. The van der Waals surface area contributed by atoms with Gasteiger partial charge >= 0.3 is 6.03 Å². The van der Waals surface area contributed by atoms with Crippen molar-refractivity contribution < 1.29 is 9.59 Å². The van der Waals surface area contributed by atoms with Crippen molar-refractivity contribution in [1.82, 2.24) is 14.8 Å². The minimum atomic E-state index is -0.398. The number of carbonyl (C=O) groups is 2. The number of likely N-dealkylation sites (N-methyl/N-ethyl adjacent to an activating group) is 1. The Morgan fingerprint density at radius 3 is 2.61 bits per heavy atom. The zero-order chi connectivity index (χ0) is 19.7. The van der Waals surface area contributed by atoms with Crippen LogP contribution in [0.15, 0.2) is 60.4 Å². The van der Waals surface area contributed by atoms with Gasteiger partial charge in [-0.1, -0.05) is 36.4 Å². The summed E-state index contributed by atoms with van der Waals surface area (Å²) in [5, 5.41) is 13.0. The molecule has 0 bridgehead atoms. The molecule has 1 fully saturated rings. The van der Waals surface area contributed by atoms with Crippen LogP contribution >= 0.6 is 0 Å². The molecule has 2 heterocycles. The lowest BCUT2D eigenvalue weighted by Crippen LogP contribution is -2.30. The van der Waals surface area contributed by atoms with Crippen molar-refractivity contribution >= 4 is 28.9 Å². The molecule has 2 aromatic carbocycles. The minimum Gasteiger partial charge on any atom is -0.342 e. The third-order valence-electron chi connectivity index (χ3n) is 4.88. The average molecular weight is 370 g/mol. The third-order valence-corrected chi connectivity index (χ3v) is 4.88. The van der Waals surface area contributed by atoms with Crippen molar-refractivity contribution in [3.8, 4) is 6.07 Å². The van der Waals surface area contributed by atoms with Gasteiger partial charge in [0, 0.05) is 35.8 Å². The Labute approximate surface area is 162 Å². The van der Waals surface area contributed by atoms with E-state index in [4.69, 9.17) is 0 Å². The quantitative estimate of drug-likeness (QED) is 0.564. The van der Waals surface area contributed by atoms with Crippen LogP contribution in [0.25, 0.3) is 17.0 Å². The topological polar surface area (TPSA) is 78.1 Å². The number of fused-ring (bicyclic) bond motifs is 1. The number of para-hydroxylation sites is 1. The molecule has 6 nitrogen and oxygen atoms in total. The van der Waals surface area contributed by atoms with Crippen LogP contribution in [0.1, 0.15) is 23.6 Å². The molecule has 1 N–H and O–H groups in total.